The molecule has 12 heavy (non-hydrogen) atoms. The maximum absolute atomic E-state index is 10.4. The standard InChI is InChI=1S/C7H12O4.Na.H/c1-3-5(7(10)11)4(2)6(8)9;;/h4-5H,3H2,1-2H3,(H,8,9)(H,10,11);;/q;+1;-1. The molecule has 4 nitrogen and oxygen atoms in total. The molecular weight excluding hydrogens is 171 g/mol. The van der Waals surface area contributed by atoms with Gasteiger partial charge in [0.25, 0.3) is 0 Å². The Morgan fingerprint density at radius 3 is 1.83 bits per heavy atom. The first-order valence-corrected chi connectivity index (χ1v) is 3.46. The predicted octanol–water partition coefficient (Wildman–Crippen LogP) is -2.07. The molecule has 0 fully saturated rings. The van der Waals surface area contributed by atoms with E-state index in [1.165, 1.54) is 6.92 Å². The van der Waals surface area contributed by atoms with Gasteiger partial charge in [0.1, 0.15) is 0 Å². The minimum atomic E-state index is -1.06. The van der Waals surface area contributed by atoms with Crippen LogP contribution in [0.5, 0.6) is 0 Å². The average Bonchev–Trinajstić information content (AvgIpc) is 1.88. The number of carbonyl (C=O) groups is 2. The van der Waals surface area contributed by atoms with Crippen molar-refractivity contribution in [1.29, 1.82) is 0 Å². The molecule has 0 saturated carbocycles. The molecule has 0 heterocycles. The second-order valence-corrected chi connectivity index (χ2v) is 2.48. The average molecular weight is 184 g/mol. The van der Waals surface area contributed by atoms with Gasteiger partial charge in [0.05, 0.1) is 11.8 Å². The zero-order valence-electron chi connectivity index (χ0n) is 8.57. The van der Waals surface area contributed by atoms with Crippen LogP contribution in [0.15, 0.2) is 0 Å². The van der Waals surface area contributed by atoms with Crippen LogP contribution in [0.3, 0.4) is 0 Å². The minimum Gasteiger partial charge on any atom is -1.00 e. The second-order valence-electron chi connectivity index (χ2n) is 2.48. The van der Waals surface area contributed by atoms with Gasteiger partial charge in [-0.1, -0.05) is 13.8 Å². The molecule has 0 aromatic rings. The van der Waals surface area contributed by atoms with Crippen molar-refractivity contribution < 1.29 is 50.8 Å². The van der Waals surface area contributed by atoms with Crippen LogP contribution in [0.2, 0.25) is 0 Å². The van der Waals surface area contributed by atoms with Gasteiger partial charge in [-0.25, -0.2) is 0 Å². The first-order chi connectivity index (χ1) is 5.00. The first kappa shape index (κ1) is 14.5. The monoisotopic (exact) mass is 184 g/mol. The van der Waals surface area contributed by atoms with Gasteiger partial charge in [-0.05, 0) is 6.42 Å². The fraction of sp³-hybridized carbons (Fsp3) is 0.714. The third-order valence-corrected chi connectivity index (χ3v) is 1.75. The number of carboxylic acid groups (broad SMARTS) is 2. The molecule has 2 atom stereocenters. The van der Waals surface area contributed by atoms with E-state index in [1.54, 1.807) is 6.92 Å². The summed E-state index contributed by atoms with van der Waals surface area (Å²) < 4.78 is 0. The molecule has 0 aliphatic heterocycles. The zero-order valence-corrected chi connectivity index (χ0v) is 9.57. The Morgan fingerprint density at radius 1 is 1.33 bits per heavy atom. The topological polar surface area (TPSA) is 74.6 Å². The fourth-order valence-electron chi connectivity index (χ4n) is 0.914. The Morgan fingerprint density at radius 2 is 1.75 bits per heavy atom. The van der Waals surface area contributed by atoms with Crippen LogP contribution < -0.4 is 29.6 Å². The summed E-state index contributed by atoms with van der Waals surface area (Å²) >= 11 is 0. The van der Waals surface area contributed by atoms with E-state index in [0.29, 0.717) is 6.42 Å². The van der Waals surface area contributed by atoms with E-state index in [9.17, 15) is 9.59 Å². The normalized spacial score (nSPS) is 14.2. The molecule has 2 unspecified atom stereocenters. The fourth-order valence-corrected chi connectivity index (χ4v) is 0.914. The van der Waals surface area contributed by atoms with Crippen molar-refractivity contribution in [2.24, 2.45) is 11.8 Å². The molecule has 0 aliphatic rings. The van der Waals surface area contributed by atoms with Gasteiger partial charge in [-0.2, -0.15) is 0 Å². The second kappa shape index (κ2) is 6.46. The Balaban J connectivity index is -0.000000500. The molecule has 0 aromatic carbocycles. The molecule has 0 aromatic heterocycles. The molecule has 0 amide bonds. The number of carboxylic acids is 2. The van der Waals surface area contributed by atoms with E-state index in [4.69, 9.17) is 10.2 Å². The number of rotatable bonds is 4. The van der Waals surface area contributed by atoms with Crippen molar-refractivity contribution in [1.82, 2.24) is 0 Å². The van der Waals surface area contributed by atoms with Crippen molar-refractivity contribution in [2.45, 2.75) is 20.3 Å². The summed E-state index contributed by atoms with van der Waals surface area (Å²) in [7, 11) is 0. The Hall–Kier alpha value is -0.0600. The molecule has 0 saturated heterocycles. The van der Waals surface area contributed by atoms with Crippen molar-refractivity contribution in [3.05, 3.63) is 0 Å². The molecule has 2 N–H and O–H groups in total. The van der Waals surface area contributed by atoms with Gasteiger partial charge in [0, 0.05) is 0 Å². The van der Waals surface area contributed by atoms with Crippen molar-refractivity contribution in [2.75, 3.05) is 0 Å². The van der Waals surface area contributed by atoms with E-state index in [0.717, 1.165) is 0 Å². The van der Waals surface area contributed by atoms with Crippen LogP contribution >= 0.6 is 0 Å². The van der Waals surface area contributed by atoms with Gasteiger partial charge in [-0.3, -0.25) is 9.59 Å². The van der Waals surface area contributed by atoms with E-state index >= 15 is 0 Å². The van der Waals surface area contributed by atoms with Crippen LogP contribution in [-0.2, 0) is 9.59 Å². The summed E-state index contributed by atoms with van der Waals surface area (Å²) in [6, 6.07) is 0. The van der Waals surface area contributed by atoms with Crippen molar-refractivity contribution in [3.8, 4) is 0 Å². The molecule has 0 spiro atoms. The van der Waals surface area contributed by atoms with Crippen LogP contribution in [-0.4, -0.2) is 22.2 Å². The van der Waals surface area contributed by atoms with E-state index in [1.807, 2.05) is 0 Å². The third kappa shape index (κ3) is 4.09. The molecular formula is C7H13NaO4. The third-order valence-electron chi connectivity index (χ3n) is 1.75. The maximum Gasteiger partial charge on any atom is 1.00 e. The van der Waals surface area contributed by atoms with Crippen molar-refractivity contribution >= 4 is 11.9 Å². The Labute approximate surface area is 94.7 Å². The molecule has 66 valence electrons. The van der Waals surface area contributed by atoms with E-state index in [-0.39, 0.29) is 31.0 Å². The largest absolute Gasteiger partial charge is 1.00 e. The summed E-state index contributed by atoms with van der Waals surface area (Å²) in [6.45, 7) is 3.07. The number of hydrogen-bond donors (Lipinski definition) is 2. The number of hydrogen-bond acceptors (Lipinski definition) is 2. The van der Waals surface area contributed by atoms with Crippen LogP contribution in [0, 0.1) is 11.8 Å². The predicted molar refractivity (Wildman–Crippen MR) is 39.3 cm³/mol. The maximum atomic E-state index is 10.4. The minimum absolute atomic E-state index is 0. The van der Waals surface area contributed by atoms with Crippen LogP contribution in [0.4, 0.5) is 0 Å². The molecule has 0 rings (SSSR count). The number of aliphatic carboxylic acids is 2. The Kier molecular flexibility index (Phi) is 7.78. The quantitative estimate of drug-likeness (QED) is 0.492. The van der Waals surface area contributed by atoms with Crippen LogP contribution in [0.25, 0.3) is 0 Å². The summed E-state index contributed by atoms with van der Waals surface area (Å²) in [4.78, 5) is 20.8. The molecule has 0 bridgehead atoms. The van der Waals surface area contributed by atoms with Gasteiger partial charge in [-0.15, -0.1) is 0 Å². The Bertz CT molecular complexity index is 174. The smallest absolute Gasteiger partial charge is 1.00 e. The molecule has 5 heteroatoms. The van der Waals surface area contributed by atoms with Gasteiger partial charge < -0.3 is 11.6 Å². The summed E-state index contributed by atoms with van der Waals surface area (Å²) in [5, 5.41) is 17.0. The van der Waals surface area contributed by atoms with Crippen molar-refractivity contribution in [3.63, 3.8) is 0 Å². The van der Waals surface area contributed by atoms with Gasteiger partial charge >= 0.3 is 41.5 Å². The van der Waals surface area contributed by atoms with Gasteiger partial charge in [0.15, 0.2) is 0 Å². The summed E-state index contributed by atoms with van der Waals surface area (Å²) in [5.41, 5.74) is 0. The molecule has 0 radical (unpaired) electrons. The van der Waals surface area contributed by atoms with Gasteiger partial charge in [0.2, 0.25) is 0 Å². The SMILES string of the molecule is CCC(C(=O)O)C(C)C(=O)O.[H-].[Na+]. The van der Waals surface area contributed by atoms with Crippen LogP contribution in [0.1, 0.15) is 21.7 Å². The van der Waals surface area contributed by atoms with E-state index in [2.05, 4.69) is 0 Å². The van der Waals surface area contributed by atoms with E-state index < -0.39 is 23.8 Å². The first-order valence-electron chi connectivity index (χ1n) is 3.46. The molecule has 0 aliphatic carbocycles. The summed E-state index contributed by atoms with van der Waals surface area (Å²) in [6.07, 6.45) is 0.350. The zero-order chi connectivity index (χ0) is 9.02. The summed E-state index contributed by atoms with van der Waals surface area (Å²) in [5.74, 6) is -3.67.